The van der Waals surface area contributed by atoms with Gasteiger partial charge < -0.3 is 21.1 Å². The number of carbonyl (C=O) groups excluding carboxylic acids is 2. The topological polar surface area (TPSA) is 119 Å². The smallest absolute Gasteiger partial charge is 0.269 e. The van der Waals surface area contributed by atoms with Gasteiger partial charge in [0.15, 0.2) is 12.3 Å². The van der Waals surface area contributed by atoms with Crippen molar-refractivity contribution in [2.24, 2.45) is 5.73 Å². The number of hydrogen-bond acceptors (Lipinski definition) is 6. The molecule has 152 valence electrons. The summed E-state index contributed by atoms with van der Waals surface area (Å²) in [5, 5.41) is 6.37. The van der Waals surface area contributed by atoms with Crippen molar-refractivity contribution < 1.29 is 18.7 Å². The molecular weight excluding hydrogens is 401 g/mol. The number of aromatic nitrogens is 2. The highest BCUT2D eigenvalue weighted by atomic mass is 35.5. The molecule has 3 aliphatic carbocycles. The first-order valence-electron chi connectivity index (χ1n) is 9.03. The SMILES string of the molecule is NC(=O)c1nccnc1CNC12CC(NC(=O)COc3ccc(Cl)c(F)c3)(C1)C2. The first-order valence-corrected chi connectivity index (χ1v) is 9.41. The van der Waals surface area contributed by atoms with E-state index in [1.807, 2.05) is 0 Å². The molecule has 4 N–H and O–H groups in total. The second-order valence-corrected chi connectivity index (χ2v) is 7.98. The van der Waals surface area contributed by atoms with Crippen molar-refractivity contribution in [3.63, 3.8) is 0 Å². The van der Waals surface area contributed by atoms with E-state index in [9.17, 15) is 14.0 Å². The Morgan fingerprint density at radius 2 is 1.93 bits per heavy atom. The van der Waals surface area contributed by atoms with Crippen molar-refractivity contribution in [3.8, 4) is 5.75 Å². The zero-order chi connectivity index (χ0) is 20.6. The third-order valence-corrected chi connectivity index (χ3v) is 5.64. The lowest BCUT2D eigenvalue weighted by molar-refractivity contribution is -0.143. The van der Waals surface area contributed by atoms with Crippen molar-refractivity contribution >= 4 is 23.4 Å². The van der Waals surface area contributed by atoms with Crippen molar-refractivity contribution in [2.75, 3.05) is 6.61 Å². The Labute approximate surface area is 171 Å². The number of nitrogens with two attached hydrogens (primary N) is 1. The third-order valence-electron chi connectivity index (χ3n) is 5.33. The van der Waals surface area contributed by atoms with Crippen molar-refractivity contribution in [2.45, 2.75) is 36.9 Å². The molecular formula is C19H19ClFN5O3. The number of nitrogens with one attached hydrogen (secondary N) is 2. The van der Waals surface area contributed by atoms with Crippen LogP contribution in [0.4, 0.5) is 4.39 Å². The quantitative estimate of drug-likeness (QED) is 0.593. The fraction of sp³-hybridized carbons (Fsp3) is 0.368. The van der Waals surface area contributed by atoms with Crippen LogP contribution in [0, 0.1) is 5.82 Å². The molecule has 0 radical (unpaired) electrons. The van der Waals surface area contributed by atoms with Gasteiger partial charge in [-0.25, -0.2) is 9.37 Å². The highest BCUT2D eigenvalue weighted by Gasteiger charge is 2.68. The Balaban J connectivity index is 1.23. The standard InChI is InChI=1S/C19H19ClFN5O3/c20-12-2-1-11(5-13(12)21)29-7-15(27)26-19-8-18(9-19,10-19)25-6-14-16(17(22)28)24-4-3-23-14/h1-5,25H,6-10H2,(H2,22,28)(H,26,27). The predicted octanol–water partition coefficient (Wildman–Crippen LogP) is 1.33. The van der Waals surface area contributed by atoms with E-state index < -0.39 is 11.7 Å². The fourth-order valence-corrected chi connectivity index (χ4v) is 4.25. The molecule has 5 rings (SSSR count). The molecule has 2 amide bonds. The van der Waals surface area contributed by atoms with Crippen molar-refractivity contribution in [3.05, 3.63) is 52.8 Å². The maximum atomic E-state index is 13.4. The Morgan fingerprint density at radius 3 is 2.62 bits per heavy atom. The van der Waals surface area contributed by atoms with E-state index in [0.29, 0.717) is 12.2 Å². The molecule has 8 nitrogen and oxygen atoms in total. The average molecular weight is 420 g/mol. The van der Waals surface area contributed by atoms with E-state index in [-0.39, 0.29) is 40.1 Å². The molecule has 10 heteroatoms. The molecule has 1 aromatic carbocycles. The molecule has 1 heterocycles. The summed E-state index contributed by atoms with van der Waals surface area (Å²) in [4.78, 5) is 31.7. The van der Waals surface area contributed by atoms with Gasteiger partial charge in [0, 0.05) is 36.1 Å². The maximum absolute atomic E-state index is 13.4. The molecule has 3 aliphatic rings. The van der Waals surface area contributed by atoms with Gasteiger partial charge in [0.25, 0.3) is 11.8 Å². The van der Waals surface area contributed by atoms with Crippen LogP contribution in [0.1, 0.15) is 35.4 Å². The van der Waals surface area contributed by atoms with Gasteiger partial charge in [-0.1, -0.05) is 11.6 Å². The first-order chi connectivity index (χ1) is 13.8. The molecule has 0 saturated heterocycles. The lowest BCUT2D eigenvalue weighted by Crippen LogP contribution is -2.83. The summed E-state index contributed by atoms with van der Waals surface area (Å²) in [5.41, 5.74) is 5.65. The summed E-state index contributed by atoms with van der Waals surface area (Å²) in [5.74, 6) is -1.23. The van der Waals surface area contributed by atoms with Gasteiger partial charge in [0.1, 0.15) is 11.6 Å². The normalized spacial score (nSPS) is 24.2. The van der Waals surface area contributed by atoms with Crippen LogP contribution in [0.15, 0.2) is 30.6 Å². The lowest BCUT2D eigenvalue weighted by Gasteiger charge is -2.70. The minimum Gasteiger partial charge on any atom is -0.484 e. The summed E-state index contributed by atoms with van der Waals surface area (Å²) in [6, 6.07) is 4.02. The van der Waals surface area contributed by atoms with Crippen LogP contribution in [0.5, 0.6) is 5.75 Å². The summed E-state index contributed by atoms with van der Waals surface area (Å²) in [6.45, 7) is 0.173. The summed E-state index contributed by atoms with van der Waals surface area (Å²) in [6.07, 6.45) is 5.25. The number of nitrogens with zero attached hydrogens (tertiary/aromatic N) is 2. The molecule has 2 aromatic rings. The zero-order valence-electron chi connectivity index (χ0n) is 15.4. The van der Waals surface area contributed by atoms with Gasteiger partial charge in [-0.15, -0.1) is 0 Å². The second kappa shape index (κ2) is 7.23. The molecule has 3 fully saturated rings. The molecule has 0 unspecified atom stereocenters. The van der Waals surface area contributed by atoms with Crippen LogP contribution in [-0.4, -0.2) is 39.5 Å². The Hall–Kier alpha value is -2.78. The van der Waals surface area contributed by atoms with Gasteiger partial charge in [-0.2, -0.15) is 0 Å². The number of carbonyl (C=O) groups is 2. The van der Waals surface area contributed by atoms with Gasteiger partial charge in [-0.05, 0) is 31.4 Å². The van der Waals surface area contributed by atoms with Gasteiger partial charge >= 0.3 is 0 Å². The monoisotopic (exact) mass is 419 g/mol. The van der Waals surface area contributed by atoms with Crippen LogP contribution < -0.4 is 21.1 Å². The van der Waals surface area contributed by atoms with Crippen LogP contribution in [0.25, 0.3) is 0 Å². The fourth-order valence-electron chi connectivity index (χ4n) is 4.13. The van der Waals surface area contributed by atoms with Crippen molar-refractivity contribution in [1.29, 1.82) is 0 Å². The highest BCUT2D eigenvalue weighted by molar-refractivity contribution is 6.30. The van der Waals surface area contributed by atoms with E-state index in [4.69, 9.17) is 22.1 Å². The van der Waals surface area contributed by atoms with Gasteiger partial charge in [-0.3, -0.25) is 14.6 Å². The zero-order valence-corrected chi connectivity index (χ0v) is 16.1. The highest BCUT2D eigenvalue weighted by Crippen LogP contribution is 2.60. The van der Waals surface area contributed by atoms with Crippen LogP contribution in [0.2, 0.25) is 5.02 Å². The molecule has 1 aromatic heterocycles. The van der Waals surface area contributed by atoms with E-state index in [0.717, 1.165) is 25.3 Å². The summed E-state index contributed by atoms with van der Waals surface area (Å²) in [7, 11) is 0. The van der Waals surface area contributed by atoms with Crippen molar-refractivity contribution in [1.82, 2.24) is 20.6 Å². The van der Waals surface area contributed by atoms with Gasteiger partial charge in [0.2, 0.25) is 0 Å². The Bertz CT molecular complexity index is 966. The number of amides is 2. The number of rotatable bonds is 8. The summed E-state index contributed by atoms with van der Waals surface area (Å²) >= 11 is 5.62. The second-order valence-electron chi connectivity index (χ2n) is 7.57. The van der Waals surface area contributed by atoms with E-state index >= 15 is 0 Å². The van der Waals surface area contributed by atoms with E-state index in [1.165, 1.54) is 24.5 Å². The third kappa shape index (κ3) is 3.88. The maximum Gasteiger partial charge on any atom is 0.269 e. The Morgan fingerprint density at radius 1 is 1.21 bits per heavy atom. The predicted molar refractivity (Wildman–Crippen MR) is 102 cm³/mol. The minimum absolute atomic E-state index is 0.00194. The number of hydrogen-bond donors (Lipinski definition) is 3. The Kier molecular flexibility index (Phi) is 4.87. The largest absolute Gasteiger partial charge is 0.484 e. The van der Waals surface area contributed by atoms with Crippen LogP contribution in [0.3, 0.4) is 0 Å². The minimum atomic E-state index is -0.614. The molecule has 3 saturated carbocycles. The molecule has 29 heavy (non-hydrogen) atoms. The molecule has 0 aliphatic heterocycles. The van der Waals surface area contributed by atoms with Gasteiger partial charge in [0.05, 0.1) is 10.7 Å². The number of halogens is 2. The molecule has 2 bridgehead atoms. The van der Waals surface area contributed by atoms with Crippen LogP contribution >= 0.6 is 11.6 Å². The molecule has 0 atom stereocenters. The summed E-state index contributed by atoms with van der Waals surface area (Å²) < 4.78 is 18.7. The van der Waals surface area contributed by atoms with E-state index in [2.05, 4.69) is 20.6 Å². The number of primary amides is 1. The number of ether oxygens (including phenoxy) is 1. The van der Waals surface area contributed by atoms with Crippen LogP contribution in [-0.2, 0) is 11.3 Å². The first kappa shape index (κ1) is 19.5. The molecule has 0 spiro atoms. The number of benzene rings is 1. The van der Waals surface area contributed by atoms with E-state index in [1.54, 1.807) is 0 Å². The lowest BCUT2D eigenvalue weighted by atomic mass is 9.44. The average Bonchev–Trinajstić information content (AvgIpc) is 2.63.